The van der Waals surface area contributed by atoms with Crippen molar-refractivity contribution in [1.29, 1.82) is 0 Å². The van der Waals surface area contributed by atoms with E-state index in [1.54, 1.807) is 0 Å². The lowest BCUT2D eigenvalue weighted by molar-refractivity contribution is -0.138. The minimum absolute atomic E-state index is 0.0135. The smallest absolute Gasteiger partial charge is 0.320 e. The minimum Gasteiger partial charge on any atom is -0.507 e. The van der Waals surface area contributed by atoms with Crippen molar-refractivity contribution in [3.63, 3.8) is 0 Å². The summed E-state index contributed by atoms with van der Waals surface area (Å²) in [6, 6.07) is 0.994. The highest BCUT2D eigenvalue weighted by molar-refractivity contribution is 5.73. The van der Waals surface area contributed by atoms with E-state index in [0.717, 1.165) is 6.07 Å². The number of phenols is 1. The first-order valence-electron chi connectivity index (χ1n) is 5.03. The zero-order valence-corrected chi connectivity index (χ0v) is 9.56. The predicted octanol–water partition coefficient (Wildman–Crippen LogP) is 1.29. The second kappa shape index (κ2) is 5.63. The molecule has 1 unspecified atom stereocenters. The van der Waals surface area contributed by atoms with E-state index >= 15 is 0 Å². The van der Waals surface area contributed by atoms with E-state index < -0.39 is 29.7 Å². The Morgan fingerprint density at radius 1 is 1.50 bits per heavy atom. The second-order valence-electron chi connectivity index (χ2n) is 3.67. The minimum atomic E-state index is -2.89. The van der Waals surface area contributed by atoms with Crippen LogP contribution in [0, 0.1) is 0 Å². The molecule has 1 rings (SSSR count). The summed E-state index contributed by atoms with van der Waals surface area (Å²) in [4.78, 5) is 10.6. The number of carboxylic acids is 1. The Kier molecular flexibility index (Phi) is 4.43. The fourth-order valence-corrected chi connectivity index (χ4v) is 1.45. The van der Waals surface area contributed by atoms with E-state index in [1.807, 2.05) is 0 Å². The molecule has 5 nitrogen and oxygen atoms in total. The maximum atomic E-state index is 12.7. The van der Waals surface area contributed by atoms with Gasteiger partial charge in [0.2, 0.25) is 0 Å². The standard InChI is InChI=1S/C11H13F2NO4/c1-18-6-2-5(3-8(14)11(16)17)9(15)7(4-6)10(12)13/h2,4,8,10,15H,3,14H2,1H3,(H,16,17). The fourth-order valence-electron chi connectivity index (χ4n) is 1.45. The van der Waals surface area contributed by atoms with Crippen LogP contribution in [0.5, 0.6) is 11.5 Å². The number of carbonyl (C=O) groups is 1. The van der Waals surface area contributed by atoms with Gasteiger partial charge in [-0.2, -0.15) is 0 Å². The summed E-state index contributed by atoms with van der Waals surface area (Å²) < 4.78 is 30.1. The maximum Gasteiger partial charge on any atom is 0.320 e. The number of nitrogens with two attached hydrogens (primary N) is 1. The van der Waals surface area contributed by atoms with Gasteiger partial charge in [-0.15, -0.1) is 0 Å². The van der Waals surface area contributed by atoms with Crippen molar-refractivity contribution in [1.82, 2.24) is 0 Å². The van der Waals surface area contributed by atoms with Gasteiger partial charge in [-0.25, -0.2) is 8.78 Å². The molecule has 18 heavy (non-hydrogen) atoms. The Balaban J connectivity index is 3.17. The highest BCUT2D eigenvalue weighted by Gasteiger charge is 2.21. The van der Waals surface area contributed by atoms with Gasteiger partial charge in [0.05, 0.1) is 12.7 Å². The molecule has 0 fully saturated rings. The zero-order valence-electron chi connectivity index (χ0n) is 9.56. The average Bonchev–Trinajstić information content (AvgIpc) is 2.30. The lowest BCUT2D eigenvalue weighted by Crippen LogP contribution is -2.32. The number of alkyl halides is 2. The van der Waals surface area contributed by atoms with Gasteiger partial charge in [-0.05, 0) is 12.1 Å². The van der Waals surface area contributed by atoms with Crippen molar-refractivity contribution in [2.45, 2.75) is 18.9 Å². The van der Waals surface area contributed by atoms with Crippen LogP contribution >= 0.6 is 0 Å². The molecule has 0 bridgehead atoms. The predicted molar refractivity (Wildman–Crippen MR) is 58.9 cm³/mol. The SMILES string of the molecule is COc1cc(CC(N)C(=O)O)c(O)c(C(F)F)c1. The number of phenolic OH excluding ortho intramolecular Hbond substituents is 1. The number of ether oxygens (including phenoxy) is 1. The van der Waals surface area contributed by atoms with Crippen molar-refractivity contribution in [3.05, 3.63) is 23.3 Å². The Morgan fingerprint density at radius 3 is 2.56 bits per heavy atom. The second-order valence-corrected chi connectivity index (χ2v) is 3.67. The number of rotatable bonds is 5. The summed E-state index contributed by atoms with van der Waals surface area (Å²) in [7, 11) is 1.28. The molecule has 100 valence electrons. The quantitative estimate of drug-likeness (QED) is 0.742. The van der Waals surface area contributed by atoms with Crippen molar-refractivity contribution in [2.24, 2.45) is 5.73 Å². The van der Waals surface area contributed by atoms with E-state index in [4.69, 9.17) is 15.6 Å². The Hall–Kier alpha value is -1.89. The molecular formula is C11H13F2NO4. The van der Waals surface area contributed by atoms with E-state index in [0.29, 0.717) is 0 Å². The van der Waals surface area contributed by atoms with E-state index in [-0.39, 0.29) is 17.7 Å². The van der Waals surface area contributed by atoms with Crippen LogP contribution in [0.2, 0.25) is 0 Å². The number of aliphatic carboxylic acids is 1. The van der Waals surface area contributed by atoms with Gasteiger partial charge in [0, 0.05) is 12.0 Å². The first kappa shape index (κ1) is 14.2. The number of hydrogen-bond acceptors (Lipinski definition) is 4. The van der Waals surface area contributed by atoms with Gasteiger partial charge in [0.25, 0.3) is 6.43 Å². The molecular weight excluding hydrogens is 248 g/mol. The maximum absolute atomic E-state index is 12.7. The first-order valence-corrected chi connectivity index (χ1v) is 5.03. The molecule has 0 saturated heterocycles. The van der Waals surface area contributed by atoms with Crippen LogP contribution in [0.15, 0.2) is 12.1 Å². The monoisotopic (exact) mass is 261 g/mol. The summed E-state index contributed by atoms with van der Waals surface area (Å²) in [5, 5.41) is 18.3. The molecule has 4 N–H and O–H groups in total. The Morgan fingerprint density at radius 2 is 2.11 bits per heavy atom. The number of methoxy groups -OCH3 is 1. The molecule has 1 aromatic rings. The van der Waals surface area contributed by atoms with Crippen LogP contribution in [-0.2, 0) is 11.2 Å². The van der Waals surface area contributed by atoms with Gasteiger partial charge >= 0.3 is 5.97 Å². The molecule has 1 atom stereocenters. The molecule has 0 radical (unpaired) electrons. The number of carboxylic acid groups (broad SMARTS) is 1. The largest absolute Gasteiger partial charge is 0.507 e. The van der Waals surface area contributed by atoms with Crippen LogP contribution < -0.4 is 10.5 Å². The normalized spacial score (nSPS) is 12.5. The molecule has 0 aromatic heterocycles. The van der Waals surface area contributed by atoms with Crippen LogP contribution in [0.1, 0.15) is 17.6 Å². The van der Waals surface area contributed by atoms with Gasteiger partial charge in [0.15, 0.2) is 0 Å². The van der Waals surface area contributed by atoms with E-state index in [2.05, 4.69) is 0 Å². The van der Waals surface area contributed by atoms with Crippen LogP contribution in [0.25, 0.3) is 0 Å². The Bertz CT molecular complexity index is 451. The lowest BCUT2D eigenvalue weighted by Gasteiger charge is -2.13. The van der Waals surface area contributed by atoms with Gasteiger partial charge in [-0.1, -0.05) is 0 Å². The van der Waals surface area contributed by atoms with Crippen LogP contribution in [0.3, 0.4) is 0 Å². The topological polar surface area (TPSA) is 92.8 Å². The Labute approximate surface area is 102 Å². The highest BCUT2D eigenvalue weighted by atomic mass is 19.3. The molecule has 7 heteroatoms. The molecule has 0 aliphatic carbocycles. The summed E-state index contributed by atoms with van der Waals surface area (Å²) in [6.07, 6.45) is -3.15. The highest BCUT2D eigenvalue weighted by Crippen LogP contribution is 2.35. The molecule has 0 amide bonds. The number of hydrogen-bond donors (Lipinski definition) is 3. The number of halogens is 2. The van der Waals surface area contributed by atoms with E-state index in [9.17, 15) is 18.7 Å². The fraction of sp³-hybridized carbons (Fsp3) is 0.364. The van der Waals surface area contributed by atoms with Crippen LogP contribution in [-0.4, -0.2) is 29.3 Å². The van der Waals surface area contributed by atoms with Crippen molar-refractivity contribution >= 4 is 5.97 Å². The molecule has 0 heterocycles. The average molecular weight is 261 g/mol. The third-order valence-electron chi connectivity index (χ3n) is 2.42. The molecule has 0 spiro atoms. The zero-order chi connectivity index (χ0) is 13.9. The lowest BCUT2D eigenvalue weighted by atomic mass is 10.0. The third-order valence-corrected chi connectivity index (χ3v) is 2.42. The molecule has 1 aromatic carbocycles. The number of aromatic hydroxyl groups is 1. The summed E-state index contributed by atoms with van der Waals surface area (Å²) in [5.41, 5.74) is 4.70. The summed E-state index contributed by atoms with van der Waals surface area (Å²) >= 11 is 0. The molecule has 0 aliphatic rings. The van der Waals surface area contributed by atoms with E-state index in [1.165, 1.54) is 13.2 Å². The van der Waals surface area contributed by atoms with Crippen molar-refractivity contribution in [2.75, 3.05) is 7.11 Å². The van der Waals surface area contributed by atoms with Gasteiger partial charge < -0.3 is 20.7 Å². The van der Waals surface area contributed by atoms with Crippen LogP contribution in [0.4, 0.5) is 8.78 Å². The first-order chi connectivity index (χ1) is 8.36. The van der Waals surface area contributed by atoms with Crippen molar-refractivity contribution < 1.29 is 28.5 Å². The third kappa shape index (κ3) is 3.07. The summed E-state index contributed by atoms with van der Waals surface area (Å²) in [5.74, 6) is -1.82. The number of benzene rings is 1. The van der Waals surface area contributed by atoms with Crippen molar-refractivity contribution in [3.8, 4) is 11.5 Å². The molecule has 0 saturated carbocycles. The van der Waals surface area contributed by atoms with Gasteiger partial charge in [0.1, 0.15) is 17.5 Å². The summed E-state index contributed by atoms with van der Waals surface area (Å²) in [6.45, 7) is 0. The van der Waals surface area contributed by atoms with Gasteiger partial charge in [-0.3, -0.25) is 4.79 Å². The molecule has 0 aliphatic heterocycles.